The SMILES string of the molecule is C=C.C=CC(=O)OC.CC.CCCOC(=O)O/C(C)=C/C=C(\C)C(=O)OC1=CC=C(OC(=O)c2ccc(OCC)cc2)C=C=C1. The first-order chi connectivity index (χ1) is 21.6. The van der Waals surface area contributed by atoms with Gasteiger partial charge < -0.3 is 28.4 Å². The van der Waals surface area contributed by atoms with Gasteiger partial charge in [-0.15, -0.1) is 18.9 Å². The van der Waals surface area contributed by atoms with Gasteiger partial charge in [0, 0.05) is 23.8 Å². The Balaban J connectivity index is 0. The lowest BCUT2D eigenvalue weighted by Crippen LogP contribution is -2.07. The van der Waals surface area contributed by atoms with Gasteiger partial charge in [0.15, 0.2) is 0 Å². The maximum Gasteiger partial charge on any atom is 0.513 e. The molecule has 0 heterocycles. The third-order valence-corrected chi connectivity index (χ3v) is 4.61. The van der Waals surface area contributed by atoms with Gasteiger partial charge >= 0.3 is 24.1 Å². The van der Waals surface area contributed by atoms with Crippen LogP contribution in [-0.2, 0) is 33.3 Å². The van der Waals surface area contributed by atoms with Crippen molar-refractivity contribution in [3.05, 3.63) is 121 Å². The predicted molar refractivity (Wildman–Crippen MR) is 173 cm³/mol. The predicted octanol–water partition coefficient (Wildman–Crippen LogP) is 7.87. The second-order valence-corrected chi connectivity index (χ2v) is 7.88. The molecule has 0 amide bonds. The van der Waals surface area contributed by atoms with Gasteiger partial charge in [0.05, 0.1) is 25.9 Å². The molecule has 1 aromatic carbocycles. The van der Waals surface area contributed by atoms with Crippen molar-refractivity contribution in [3.63, 3.8) is 0 Å². The molecule has 45 heavy (non-hydrogen) atoms. The summed E-state index contributed by atoms with van der Waals surface area (Å²) >= 11 is 0. The minimum absolute atomic E-state index is 0.200. The first kappa shape index (κ1) is 41.8. The highest BCUT2D eigenvalue weighted by atomic mass is 16.7. The molecule has 0 aromatic heterocycles. The monoisotopic (exact) mass is 624 g/mol. The van der Waals surface area contributed by atoms with Gasteiger partial charge in [-0.1, -0.05) is 27.4 Å². The lowest BCUT2D eigenvalue weighted by molar-refractivity contribution is -0.135. The van der Waals surface area contributed by atoms with Crippen molar-refractivity contribution in [3.8, 4) is 5.75 Å². The van der Waals surface area contributed by atoms with Crippen LogP contribution in [0.4, 0.5) is 4.79 Å². The first-order valence-electron chi connectivity index (χ1n) is 14.0. The minimum Gasteiger partial charge on any atom is -0.494 e. The fraction of sp³-hybridized carbons (Fsp3) is 0.286. The van der Waals surface area contributed by atoms with Crippen LogP contribution in [0, 0.1) is 0 Å². The zero-order valence-corrected chi connectivity index (χ0v) is 27.2. The number of hydrogen-bond acceptors (Lipinski definition) is 10. The topological polar surface area (TPSA) is 124 Å². The van der Waals surface area contributed by atoms with Gasteiger partial charge in [-0.2, -0.15) is 0 Å². The van der Waals surface area contributed by atoms with Gasteiger partial charge in [0.1, 0.15) is 23.0 Å². The largest absolute Gasteiger partial charge is 0.513 e. The number of benzene rings is 1. The van der Waals surface area contributed by atoms with Crippen molar-refractivity contribution < 1.29 is 47.6 Å². The third-order valence-electron chi connectivity index (χ3n) is 4.61. The number of carbonyl (C=O) groups excluding carboxylic acids is 4. The molecule has 0 saturated heterocycles. The van der Waals surface area contributed by atoms with Gasteiger partial charge in [-0.25, -0.2) is 19.2 Å². The van der Waals surface area contributed by atoms with Crippen LogP contribution in [0.25, 0.3) is 0 Å². The molecule has 10 heteroatoms. The van der Waals surface area contributed by atoms with Crippen LogP contribution >= 0.6 is 0 Å². The second kappa shape index (κ2) is 26.3. The van der Waals surface area contributed by atoms with Crippen molar-refractivity contribution in [2.75, 3.05) is 20.3 Å². The molecule has 244 valence electrons. The van der Waals surface area contributed by atoms with E-state index in [0.29, 0.717) is 24.3 Å². The molecule has 0 bridgehead atoms. The fourth-order valence-corrected chi connectivity index (χ4v) is 2.57. The van der Waals surface area contributed by atoms with Crippen LogP contribution in [-0.4, -0.2) is 44.4 Å². The van der Waals surface area contributed by atoms with Gasteiger partial charge in [-0.05, 0) is 75.8 Å². The summed E-state index contributed by atoms with van der Waals surface area (Å²) in [6.07, 6.45) is 9.77. The van der Waals surface area contributed by atoms with Crippen LogP contribution in [0.3, 0.4) is 0 Å². The van der Waals surface area contributed by atoms with E-state index in [1.54, 1.807) is 38.1 Å². The number of allylic oxidation sites excluding steroid dienone is 7. The molecule has 1 aliphatic rings. The fourth-order valence-electron chi connectivity index (χ4n) is 2.57. The Kier molecular flexibility index (Phi) is 24.4. The number of hydrogen-bond donors (Lipinski definition) is 0. The minimum atomic E-state index is -0.805. The Morgan fingerprint density at radius 2 is 1.47 bits per heavy atom. The van der Waals surface area contributed by atoms with Crippen molar-refractivity contribution in [2.24, 2.45) is 0 Å². The molecule has 1 aliphatic carbocycles. The lowest BCUT2D eigenvalue weighted by atomic mass is 10.2. The summed E-state index contributed by atoms with van der Waals surface area (Å²) in [6, 6.07) is 6.59. The van der Waals surface area contributed by atoms with E-state index in [-0.39, 0.29) is 29.5 Å². The molecule has 0 spiro atoms. The summed E-state index contributed by atoms with van der Waals surface area (Å²) in [5.74, 6) is -0.211. The Morgan fingerprint density at radius 1 is 0.889 bits per heavy atom. The summed E-state index contributed by atoms with van der Waals surface area (Å²) < 4.78 is 30.0. The second-order valence-electron chi connectivity index (χ2n) is 7.88. The van der Waals surface area contributed by atoms with Crippen LogP contribution in [0.1, 0.15) is 58.3 Å². The quantitative estimate of drug-likeness (QED) is 0.0457. The normalized spacial score (nSPS) is 11.4. The average molecular weight is 625 g/mol. The van der Waals surface area contributed by atoms with Crippen LogP contribution in [0.5, 0.6) is 5.75 Å². The molecule has 0 saturated carbocycles. The summed E-state index contributed by atoms with van der Waals surface area (Å²) in [7, 11) is 1.31. The molecular formula is C35H44O10. The first-order valence-corrected chi connectivity index (χ1v) is 14.0. The maximum atomic E-state index is 12.4. The Bertz CT molecular complexity index is 1290. The highest BCUT2D eigenvalue weighted by Crippen LogP contribution is 2.16. The van der Waals surface area contributed by atoms with Crippen molar-refractivity contribution in [2.45, 2.75) is 48.0 Å². The maximum absolute atomic E-state index is 12.4. The van der Waals surface area contributed by atoms with Crippen LogP contribution in [0.15, 0.2) is 115 Å². The zero-order valence-electron chi connectivity index (χ0n) is 27.2. The molecular weight excluding hydrogens is 580 g/mol. The number of carbonyl (C=O) groups is 4. The zero-order chi connectivity index (χ0) is 34.6. The van der Waals surface area contributed by atoms with Crippen molar-refractivity contribution >= 4 is 24.1 Å². The van der Waals surface area contributed by atoms with Gasteiger partial charge in [0.2, 0.25) is 0 Å². The van der Waals surface area contributed by atoms with Crippen LogP contribution in [0.2, 0.25) is 0 Å². The molecule has 0 radical (unpaired) electrons. The summed E-state index contributed by atoms with van der Waals surface area (Å²) in [5, 5.41) is 0. The highest BCUT2D eigenvalue weighted by molar-refractivity contribution is 5.90. The lowest BCUT2D eigenvalue weighted by Gasteiger charge is -2.06. The molecule has 0 N–H and O–H groups in total. The van der Waals surface area contributed by atoms with Crippen molar-refractivity contribution in [1.29, 1.82) is 0 Å². The summed E-state index contributed by atoms with van der Waals surface area (Å²) in [4.78, 5) is 46.0. The standard InChI is InChI=1S/C27H28O8.C4H6O2.C2H6.C2H4/c1-5-18-32-27(30)33-20(4)11-10-19(3)25(28)34-23-8-7-9-24(17-16-23)35-26(29)21-12-14-22(15-13-21)31-6-2;1-3-4(5)6-2;2*1-2/h8-17H,5-6,18H2,1-4H3;3H,1H2,2H3;1-2H3;1-2H2/b19-10+,20-11+;;;. The van der Waals surface area contributed by atoms with Gasteiger partial charge in [0.25, 0.3) is 0 Å². The molecule has 2 rings (SSSR count). The van der Waals surface area contributed by atoms with E-state index in [4.69, 9.17) is 23.7 Å². The average Bonchev–Trinajstić information content (AvgIpc) is 3.29. The van der Waals surface area contributed by atoms with Gasteiger partial charge in [-0.3, -0.25) is 0 Å². The number of esters is 3. The smallest absolute Gasteiger partial charge is 0.494 e. The van der Waals surface area contributed by atoms with E-state index in [9.17, 15) is 19.2 Å². The van der Waals surface area contributed by atoms with E-state index in [1.807, 2.05) is 27.7 Å². The van der Waals surface area contributed by atoms with E-state index in [1.165, 1.54) is 43.6 Å². The van der Waals surface area contributed by atoms with Crippen LogP contribution < -0.4 is 4.74 Å². The van der Waals surface area contributed by atoms with Crippen molar-refractivity contribution in [1.82, 2.24) is 0 Å². The molecule has 0 aliphatic heterocycles. The molecule has 0 fully saturated rings. The number of methoxy groups -OCH3 is 1. The molecule has 1 aromatic rings. The molecule has 0 unspecified atom stereocenters. The van der Waals surface area contributed by atoms with E-state index in [2.05, 4.69) is 30.2 Å². The van der Waals surface area contributed by atoms with E-state index in [0.717, 1.165) is 6.08 Å². The number of ether oxygens (including phenoxy) is 6. The Hall–Kier alpha value is -5.34. The summed E-state index contributed by atoms with van der Waals surface area (Å²) in [5.41, 5.74) is 3.43. The molecule has 10 nitrogen and oxygen atoms in total. The van der Waals surface area contributed by atoms with E-state index < -0.39 is 24.1 Å². The summed E-state index contributed by atoms with van der Waals surface area (Å²) in [6.45, 7) is 20.8. The number of rotatable bonds is 11. The highest BCUT2D eigenvalue weighted by Gasteiger charge is 2.12. The third kappa shape index (κ3) is 19.5. The Labute approximate surface area is 266 Å². The molecule has 0 atom stereocenters. The Morgan fingerprint density at radius 3 is 1.96 bits per heavy atom. The van der Waals surface area contributed by atoms with E-state index >= 15 is 0 Å².